The van der Waals surface area contributed by atoms with Crippen molar-refractivity contribution in [2.24, 2.45) is 5.92 Å². The highest BCUT2D eigenvalue weighted by atomic mass is 15.4. The van der Waals surface area contributed by atoms with E-state index in [-0.39, 0.29) is 0 Å². The third kappa shape index (κ3) is 3.46. The van der Waals surface area contributed by atoms with Gasteiger partial charge in [-0.1, -0.05) is 31.2 Å². The van der Waals surface area contributed by atoms with Crippen molar-refractivity contribution >= 4 is 11.0 Å². The van der Waals surface area contributed by atoms with E-state index < -0.39 is 0 Å². The summed E-state index contributed by atoms with van der Waals surface area (Å²) in [4.78, 5) is 7.84. The first-order valence-electron chi connectivity index (χ1n) is 7.24. The molecule has 2 aromatic heterocycles. The van der Waals surface area contributed by atoms with Crippen LogP contribution in [0.2, 0.25) is 0 Å². The Morgan fingerprint density at radius 2 is 2.14 bits per heavy atom. The predicted octanol–water partition coefficient (Wildman–Crippen LogP) is 1.95. The van der Waals surface area contributed by atoms with Crippen LogP contribution in [0.4, 0.5) is 0 Å². The molecule has 0 saturated carbocycles. The number of fused-ring (bicyclic) bond motifs is 1. The van der Waals surface area contributed by atoms with Crippen LogP contribution in [0.5, 0.6) is 0 Å². The van der Waals surface area contributed by atoms with E-state index in [0.29, 0.717) is 12.5 Å². The molecule has 0 radical (unpaired) electrons. The van der Waals surface area contributed by atoms with Gasteiger partial charge in [0.1, 0.15) is 12.4 Å². The van der Waals surface area contributed by atoms with Crippen LogP contribution >= 0.6 is 0 Å². The molecule has 0 bridgehead atoms. The lowest BCUT2D eigenvalue weighted by molar-refractivity contribution is 0.548. The summed E-state index contributed by atoms with van der Waals surface area (Å²) in [6.45, 7) is 6.71. The van der Waals surface area contributed by atoms with Crippen molar-refractivity contribution in [1.82, 2.24) is 30.3 Å². The van der Waals surface area contributed by atoms with Crippen molar-refractivity contribution in [3.05, 3.63) is 42.0 Å². The molecule has 0 saturated heterocycles. The number of imidazole rings is 1. The molecular formula is C15H20N6. The quantitative estimate of drug-likeness (QED) is 0.725. The fourth-order valence-electron chi connectivity index (χ4n) is 2.22. The topological polar surface area (TPSA) is 71.4 Å². The van der Waals surface area contributed by atoms with E-state index in [1.165, 1.54) is 0 Å². The molecule has 0 aliphatic carbocycles. The highest BCUT2D eigenvalue weighted by molar-refractivity contribution is 5.74. The minimum Gasteiger partial charge on any atom is -0.340 e. The first kappa shape index (κ1) is 13.8. The lowest BCUT2D eigenvalue weighted by atomic mass is 10.2. The number of nitrogens with zero attached hydrogens (tertiary/aromatic N) is 4. The van der Waals surface area contributed by atoms with E-state index in [1.54, 1.807) is 0 Å². The van der Waals surface area contributed by atoms with Gasteiger partial charge in [-0.25, -0.2) is 9.67 Å². The van der Waals surface area contributed by atoms with Crippen LogP contribution in [0, 0.1) is 5.92 Å². The van der Waals surface area contributed by atoms with Crippen LogP contribution in [0.3, 0.4) is 0 Å². The van der Waals surface area contributed by atoms with Crippen molar-refractivity contribution in [2.45, 2.75) is 26.9 Å². The molecule has 110 valence electrons. The average molecular weight is 284 g/mol. The molecule has 0 amide bonds. The van der Waals surface area contributed by atoms with Crippen molar-refractivity contribution in [2.75, 3.05) is 6.54 Å². The van der Waals surface area contributed by atoms with E-state index in [9.17, 15) is 0 Å². The second kappa shape index (κ2) is 6.05. The number of hydrogen-bond donors (Lipinski definition) is 2. The van der Waals surface area contributed by atoms with Gasteiger partial charge in [-0.2, -0.15) is 0 Å². The lowest BCUT2D eigenvalue weighted by Crippen LogP contribution is -2.19. The third-order valence-corrected chi connectivity index (χ3v) is 3.19. The van der Waals surface area contributed by atoms with Crippen LogP contribution in [-0.2, 0) is 13.1 Å². The normalized spacial score (nSPS) is 11.6. The van der Waals surface area contributed by atoms with Crippen LogP contribution in [0.1, 0.15) is 25.4 Å². The molecule has 2 heterocycles. The molecule has 0 aliphatic rings. The van der Waals surface area contributed by atoms with Gasteiger partial charge in [0.05, 0.1) is 22.9 Å². The molecule has 1 aromatic carbocycles. The Bertz CT molecular complexity index is 679. The minimum atomic E-state index is 0.603. The van der Waals surface area contributed by atoms with E-state index >= 15 is 0 Å². The number of benzene rings is 1. The monoisotopic (exact) mass is 284 g/mol. The molecule has 0 aliphatic heterocycles. The predicted molar refractivity (Wildman–Crippen MR) is 81.8 cm³/mol. The zero-order chi connectivity index (χ0) is 14.7. The number of rotatable bonds is 6. The van der Waals surface area contributed by atoms with Gasteiger partial charge in [0.2, 0.25) is 0 Å². The van der Waals surface area contributed by atoms with Gasteiger partial charge in [-0.3, -0.25) is 0 Å². The van der Waals surface area contributed by atoms with Gasteiger partial charge >= 0.3 is 0 Å². The molecule has 3 aromatic rings. The molecule has 0 spiro atoms. The lowest BCUT2D eigenvalue weighted by Gasteiger charge is -2.04. The molecule has 2 N–H and O–H groups in total. The Morgan fingerprint density at radius 3 is 2.95 bits per heavy atom. The first-order valence-corrected chi connectivity index (χ1v) is 7.24. The minimum absolute atomic E-state index is 0.603. The van der Waals surface area contributed by atoms with Gasteiger partial charge in [0.15, 0.2) is 0 Å². The number of hydrogen-bond acceptors (Lipinski definition) is 4. The maximum atomic E-state index is 4.54. The molecule has 0 fully saturated rings. The zero-order valence-corrected chi connectivity index (χ0v) is 12.4. The smallest absolute Gasteiger partial charge is 0.129 e. The second-order valence-corrected chi connectivity index (χ2v) is 5.63. The molecule has 0 unspecified atom stereocenters. The molecule has 6 nitrogen and oxygen atoms in total. The highest BCUT2D eigenvalue weighted by Gasteiger charge is 2.05. The number of aromatic amines is 1. The second-order valence-electron chi connectivity index (χ2n) is 5.63. The fraction of sp³-hybridized carbons (Fsp3) is 0.400. The van der Waals surface area contributed by atoms with Gasteiger partial charge in [0.25, 0.3) is 0 Å². The zero-order valence-electron chi connectivity index (χ0n) is 12.4. The van der Waals surface area contributed by atoms with E-state index in [4.69, 9.17) is 0 Å². The van der Waals surface area contributed by atoms with E-state index in [2.05, 4.69) is 39.4 Å². The number of aromatic nitrogens is 5. The third-order valence-electron chi connectivity index (χ3n) is 3.19. The summed E-state index contributed by atoms with van der Waals surface area (Å²) in [5, 5.41) is 11.7. The summed E-state index contributed by atoms with van der Waals surface area (Å²) < 4.78 is 1.81. The summed E-state index contributed by atoms with van der Waals surface area (Å²) in [5.41, 5.74) is 2.98. The Balaban J connectivity index is 1.63. The van der Waals surface area contributed by atoms with Crippen LogP contribution in [0.25, 0.3) is 11.0 Å². The highest BCUT2D eigenvalue weighted by Crippen LogP contribution is 2.10. The van der Waals surface area contributed by atoms with Crippen molar-refractivity contribution < 1.29 is 0 Å². The molecule has 0 atom stereocenters. The molecular weight excluding hydrogens is 264 g/mol. The average Bonchev–Trinajstić information content (AvgIpc) is 3.04. The largest absolute Gasteiger partial charge is 0.340 e. The van der Waals surface area contributed by atoms with Crippen LogP contribution in [-0.4, -0.2) is 31.5 Å². The first-order chi connectivity index (χ1) is 10.2. The van der Waals surface area contributed by atoms with Gasteiger partial charge in [0, 0.05) is 6.54 Å². The summed E-state index contributed by atoms with van der Waals surface area (Å²) in [7, 11) is 0. The van der Waals surface area contributed by atoms with E-state index in [0.717, 1.165) is 35.6 Å². The van der Waals surface area contributed by atoms with Crippen molar-refractivity contribution in [3.63, 3.8) is 0 Å². The fourth-order valence-corrected chi connectivity index (χ4v) is 2.22. The molecule has 3 rings (SSSR count). The maximum absolute atomic E-state index is 4.54. The number of para-hydroxylation sites is 2. The molecule has 21 heavy (non-hydrogen) atoms. The Kier molecular flexibility index (Phi) is 3.96. The van der Waals surface area contributed by atoms with Gasteiger partial charge in [-0.15, -0.1) is 5.10 Å². The van der Waals surface area contributed by atoms with E-state index in [1.807, 2.05) is 35.1 Å². The van der Waals surface area contributed by atoms with Crippen molar-refractivity contribution in [3.8, 4) is 0 Å². The standard InChI is InChI=1S/C15H20N6/c1-11(2)7-16-8-12-9-21(20-19-12)10-15-17-13-5-3-4-6-14(13)18-15/h3-6,9,11,16H,7-8,10H2,1-2H3,(H,17,18). The summed E-state index contributed by atoms with van der Waals surface area (Å²) in [6.07, 6.45) is 1.96. The maximum Gasteiger partial charge on any atom is 0.129 e. The SMILES string of the molecule is CC(C)CNCc1cn(Cc2nc3ccccc3[nH]2)nn1. The Morgan fingerprint density at radius 1 is 1.29 bits per heavy atom. The number of H-pyrrole nitrogens is 1. The Labute approximate surface area is 123 Å². The Hall–Kier alpha value is -2.21. The van der Waals surface area contributed by atoms with Crippen LogP contribution in [0.15, 0.2) is 30.5 Å². The number of nitrogens with one attached hydrogen (secondary N) is 2. The molecule has 6 heteroatoms. The summed E-state index contributed by atoms with van der Waals surface area (Å²) >= 11 is 0. The summed E-state index contributed by atoms with van der Waals surface area (Å²) in [6, 6.07) is 8.01. The van der Waals surface area contributed by atoms with Crippen molar-refractivity contribution in [1.29, 1.82) is 0 Å². The van der Waals surface area contributed by atoms with Crippen LogP contribution < -0.4 is 5.32 Å². The van der Waals surface area contributed by atoms with Gasteiger partial charge in [-0.05, 0) is 24.6 Å². The summed E-state index contributed by atoms with van der Waals surface area (Å²) in [5.74, 6) is 1.53. The van der Waals surface area contributed by atoms with Gasteiger partial charge < -0.3 is 10.3 Å².